The van der Waals surface area contributed by atoms with Gasteiger partial charge >= 0.3 is 5.97 Å². The first kappa shape index (κ1) is 21.3. The van der Waals surface area contributed by atoms with Crippen molar-refractivity contribution in [1.82, 2.24) is 14.8 Å². The standard InChI is InChI=1S/C25H24N4O3/c1-31-22-15-19(11-12-21(22)32-24(30)16-18-8-4-2-5-9-18)14-20(17-26)25-28-27-23-10-6-3-7-13-29(23)25/h2,4-5,8-9,11-12,14-15H,3,6-7,10,13,16H2,1H3. The van der Waals surface area contributed by atoms with Gasteiger partial charge in [-0.2, -0.15) is 5.26 Å². The molecule has 0 N–H and O–H groups in total. The Labute approximate surface area is 186 Å². The van der Waals surface area contributed by atoms with Crippen LogP contribution in [0.3, 0.4) is 0 Å². The Hall–Kier alpha value is -3.92. The first-order valence-electron chi connectivity index (χ1n) is 10.6. The first-order valence-corrected chi connectivity index (χ1v) is 10.6. The predicted molar refractivity (Wildman–Crippen MR) is 120 cm³/mol. The molecule has 7 heteroatoms. The van der Waals surface area contributed by atoms with Crippen LogP contribution in [0.15, 0.2) is 48.5 Å². The average molecular weight is 428 g/mol. The minimum Gasteiger partial charge on any atom is -0.493 e. The predicted octanol–water partition coefficient (Wildman–Crippen LogP) is 4.23. The Bertz CT molecular complexity index is 1180. The van der Waals surface area contributed by atoms with Crippen LogP contribution in [0.25, 0.3) is 11.6 Å². The maximum absolute atomic E-state index is 12.3. The van der Waals surface area contributed by atoms with Gasteiger partial charge in [0.2, 0.25) is 0 Å². The van der Waals surface area contributed by atoms with Gasteiger partial charge in [-0.15, -0.1) is 10.2 Å². The number of hydrogen-bond acceptors (Lipinski definition) is 6. The molecule has 0 radical (unpaired) electrons. The number of nitriles is 1. The Morgan fingerprint density at radius 2 is 1.97 bits per heavy atom. The van der Waals surface area contributed by atoms with E-state index < -0.39 is 0 Å². The van der Waals surface area contributed by atoms with Crippen molar-refractivity contribution in [2.24, 2.45) is 0 Å². The van der Waals surface area contributed by atoms with Crippen LogP contribution in [0.2, 0.25) is 0 Å². The average Bonchev–Trinajstić information content (AvgIpc) is 3.06. The SMILES string of the molecule is COc1cc(C=C(C#N)c2nnc3n2CCCCC3)ccc1OC(=O)Cc1ccccc1. The van der Waals surface area contributed by atoms with E-state index in [1.165, 1.54) is 7.11 Å². The molecule has 2 aromatic carbocycles. The fraction of sp³-hybridized carbons (Fsp3) is 0.280. The van der Waals surface area contributed by atoms with Crippen molar-refractivity contribution >= 4 is 17.6 Å². The molecule has 0 bridgehead atoms. The van der Waals surface area contributed by atoms with Crippen molar-refractivity contribution in [2.75, 3.05) is 7.11 Å². The molecule has 0 spiro atoms. The van der Waals surface area contributed by atoms with Crippen LogP contribution in [0.5, 0.6) is 11.5 Å². The molecule has 1 aliphatic rings. The van der Waals surface area contributed by atoms with Gasteiger partial charge in [0.05, 0.1) is 19.1 Å². The molecule has 7 nitrogen and oxygen atoms in total. The minimum atomic E-state index is -0.373. The highest BCUT2D eigenvalue weighted by Crippen LogP contribution is 2.30. The lowest BCUT2D eigenvalue weighted by Crippen LogP contribution is -2.11. The summed E-state index contributed by atoms with van der Waals surface area (Å²) >= 11 is 0. The quantitative estimate of drug-likeness (QED) is 0.332. The Balaban J connectivity index is 1.55. The molecular weight excluding hydrogens is 404 g/mol. The number of hydrogen-bond donors (Lipinski definition) is 0. The monoisotopic (exact) mass is 428 g/mol. The zero-order valence-electron chi connectivity index (χ0n) is 18.0. The summed E-state index contributed by atoms with van der Waals surface area (Å²) in [6, 6.07) is 16.9. The largest absolute Gasteiger partial charge is 0.493 e. The van der Waals surface area contributed by atoms with Crippen LogP contribution < -0.4 is 9.47 Å². The maximum atomic E-state index is 12.3. The number of esters is 1. The molecule has 0 unspecified atom stereocenters. The summed E-state index contributed by atoms with van der Waals surface area (Å²) in [5.41, 5.74) is 2.05. The number of aryl methyl sites for hydroxylation is 1. The number of rotatable bonds is 6. The van der Waals surface area contributed by atoms with Crippen LogP contribution in [0.4, 0.5) is 0 Å². The van der Waals surface area contributed by atoms with Crippen molar-refractivity contribution < 1.29 is 14.3 Å². The zero-order valence-corrected chi connectivity index (χ0v) is 18.0. The topological polar surface area (TPSA) is 90.0 Å². The molecule has 162 valence electrons. The van der Waals surface area contributed by atoms with Gasteiger partial charge in [-0.25, -0.2) is 0 Å². The highest BCUT2D eigenvalue weighted by atomic mass is 16.6. The van der Waals surface area contributed by atoms with Crippen molar-refractivity contribution in [1.29, 1.82) is 5.26 Å². The van der Waals surface area contributed by atoms with E-state index in [1.807, 2.05) is 34.9 Å². The van der Waals surface area contributed by atoms with E-state index in [1.54, 1.807) is 24.3 Å². The molecule has 1 aliphatic heterocycles. The second-order valence-corrected chi connectivity index (χ2v) is 7.62. The van der Waals surface area contributed by atoms with E-state index in [9.17, 15) is 10.1 Å². The fourth-order valence-corrected chi connectivity index (χ4v) is 3.78. The Morgan fingerprint density at radius 3 is 2.75 bits per heavy atom. The molecular formula is C25H24N4O3. The van der Waals surface area contributed by atoms with E-state index in [-0.39, 0.29) is 12.4 Å². The van der Waals surface area contributed by atoms with Gasteiger partial charge in [0, 0.05) is 13.0 Å². The third kappa shape index (κ3) is 4.86. The second-order valence-electron chi connectivity index (χ2n) is 7.62. The van der Waals surface area contributed by atoms with Gasteiger partial charge in [-0.05, 0) is 42.2 Å². The smallest absolute Gasteiger partial charge is 0.315 e. The van der Waals surface area contributed by atoms with E-state index in [0.29, 0.717) is 22.9 Å². The molecule has 2 heterocycles. The molecule has 0 amide bonds. The van der Waals surface area contributed by atoms with Gasteiger partial charge < -0.3 is 14.0 Å². The highest BCUT2D eigenvalue weighted by molar-refractivity contribution is 5.87. The Kier molecular flexibility index (Phi) is 6.61. The molecule has 4 rings (SSSR count). The third-order valence-corrected chi connectivity index (χ3v) is 5.38. The lowest BCUT2D eigenvalue weighted by molar-refractivity contribution is -0.133. The number of allylic oxidation sites excluding steroid dienone is 1. The summed E-state index contributed by atoms with van der Waals surface area (Å²) in [5, 5.41) is 18.3. The number of ether oxygens (including phenoxy) is 2. The van der Waals surface area contributed by atoms with Gasteiger partial charge in [-0.1, -0.05) is 42.8 Å². The zero-order chi connectivity index (χ0) is 22.3. The normalized spacial score (nSPS) is 13.6. The van der Waals surface area contributed by atoms with E-state index in [4.69, 9.17) is 9.47 Å². The van der Waals surface area contributed by atoms with Crippen LogP contribution in [-0.2, 0) is 24.2 Å². The number of methoxy groups -OCH3 is 1. The number of carbonyl (C=O) groups is 1. The second kappa shape index (κ2) is 9.92. The summed E-state index contributed by atoms with van der Waals surface area (Å²) in [4.78, 5) is 12.3. The summed E-state index contributed by atoms with van der Waals surface area (Å²) in [6.45, 7) is 0.816. The van der Waals surface area contributed by atoms with Crippen LogP contribution in [-0.4, -0.2) is 27.8 Å². The molecule has 3 aromatic rings. The van der Waals surface area contributed by atoms with Crippen molar-refractivity contribution in [3.63, 3.8) is 0 Å². The van der Waals surface area contributed by atoms with Crippen LogP contribution in [0, 0.1) is 11.3 Å². The number of carbonyl (C=O) groups excluding carboxylic acids is 1. The molecule has 0 fully saturated rings. The van der Waals surface area contributed by atoms with Crippen LogP contribution >= 0.6 is 0 Å². The fourth-order valence-electron chi connectivity index (χ4n) is 3.78. The van der Waals surface area contributed by atoms with Gasteiger partial charge in [0.15, 0.2) is 17.3 Å². The number of aromatic nitrogens is 3. The van der Waals surface area contributed by atoms with Crippen molar-refractivity contribution in [2.45, 2.75) is 38.6 Å². The van der Waals surface area contributed by atoms with Crippen molar-refractivity contribution in [3.05, 3.63) is 71.3 Å². The lowest BCUT2D eigenvalue weighted by atomic mass is 10.1. The minimum absolute atomic E-state index is 0.169. The summed E-state index contributed by atoms with van der Waals surface area (Å²) in [7, 11) is 1.51. The molecule has 32 heavy (non-hydrogen) atoms. The summed E-state index contributed by atoms with van der Waals surface area (Å²) < 4.78 is 13.0. The summed E-state index contributed by atoms with van der Waals surface area (Å²) in [5.74, 6) is 1.89. The number of fused-ring (bicyclic) bond motifs is 1. The number of nitrogens with zero attached hydrogens (tertiary/aromatic N) is 4. The van der Waals surface area contributed by atoms with E-state index in [0.717, 1.165) is 49.2 Å². The van der Waals surface area contributed by atoms with Gasteiger partial charge in [0.1, 0.15) is 11.9 Å². The van der Waals surface area contributed by atoms with E-state index >= 15 is 0 Å². The van der Waals surface area contributed by atoms with Crippen molar-refractivity contribution in [3.8, 4) is 17.6 Å². The third-order valence-electron chi connectivity index (χ3n) is 5.38. The highest BCUT2D eigenvalue weighted by Gasteiger charge is 2.18. The molecule has 0 atom stereocenters. The maximum Gasteiger partial charge on any atom is 0.315 e. The van der Waals surface area contributed by atoms with Crippen LogP contribution in [0.1, 0.15) is 42.0 Å². The molecule has 0 saturated carbocycles. The molecule has 0 saturated heterocycles. The van der Waals surface area contributed by atoms with E-state index in [2.05, 4.69) is 16.3 Å². The Morgan fingerprint density at radius 1 is 1.12 bits per heavy atom. The summed E-state index contributed by atoms with van der Waals surface area (Å²) in [6.07, 6.45) is 6.08. The lowest BCUT2D eigenvalue weighted by Gasteiger charge is -2.10. The molecule has 0 aliphatic carbocycles. The number of benzene rings is 2. The molecule has 1 aromatic heterocycles. The first-order chi connectivity index (χ1) is 15.7. The van der Waals surface area contributed by atoms with Gasteiger partial charge in [-0.3, -0.25) is 4.79 Å². The van der Waals surface area contributed by atoms with Gasteiger partial charge in [0.25, 0.3) is 0 Å².